The van der Waals surface area contributed by atoms with Crippen molar-refractivity contribution >= 4 is 5.78 Å². The fourth-order valence-corrected chi connectivity index (χ4v) is 1.47. The highest BCUT2D eigenvalue weighted by Crippen LogP contribution is 2.18. The Labute approximate surface area is 102 Å². The summed E-state index contributed by atoms with van der Waals surface area (Å²) in [6, 6.07) is 0. The van der Waals surface area contributed by atoms with E-state index in [1.807, 2.05) is 27.7 Å². The fourth-order valence-electron chi connectivity index (χ4n) is 1.47. The standard InChI is InChI=1S/C12H21N3O2/c1-6-15-11(10(17-5)8-14-15)9(16)7-13-12(2,3)4/h8,13H,6-7H2,1-5H3. The molecule has 1 aromatic heterocycles. The second kappa shape index (κ2) is 5.31. The zero-order chi connectivity index (χ0) is 13.1. The van der Waals surface area contributed by atoms with Crippen molar-refractivity contribution in [2.45, 2.75) is 39.8 Å². The number of aromatic nitrogens is 2. The van der Waals surface area contributed by atoms with Crippen LogP contribution in [0.15, 0.2) is 6.20 Å². The van der Waals surface area contributed by atoms with E-state index < -0.39 is 0 Å². The van der Waals surface area contributed by atoms with Gasteiger partial charge in [-0.1, -0.05) is 0 Å². The van der Waals surface area contributed by atoms with Gasteiger partial charge in [0.15, 0.2) is 11.5 Å². The number of hydrogen-bond donors (Lipinski definition) is 1. The molecule has 1 aromatic rings. The van der Waals surface area contributed by atoms with Crippen molar-refractivity contribution in [1.29, 1.82) is 0 Å². The summed E-state index contributed by atoms with van der Waals surface area (Å²) in [7, 11) is 1.55. The summed E-state index contributed by atoms with van der Waals surface area (Å²) in [6.07, 6.45) is 1.58. The molecule has 0 amide bonds. The molecule has 0 fully saturated rings. The summed E-state index contributed by atoms with van der Waals surface area (Å²) in [5, 5.41) is 7.28. The van der Waals surface area contributed by atoms with Crippen LogP contribution >= 0.6 is 0 Å². The number of aryl methyl sites for hydroxylation is 1. The molecule has 5 heteroatoms. The van der Waals surface area contributed by atoms with Gasteiger partial charge in [-0.3, -0.25) is 9.48 Å². The van der Waals surface area contributed by atoms with Gasteiger partial charge in [-0.2, -0.15) is 5.10 Å². The number of rotatable bonds is 5. The van der Waals surface area contributed by atoms with Crippen LogP contribution in [0.5, 0.6) is 5.75 Å². The van der Waals surface area contributed by atoms with Crippen molar-refractivity contribution in [3.63, 3.8) is 0 Å². The molecule has 0 aliphatic heterocycles. The Kier molecular flexibility index (Phi) is 4.28. The van der Waals surface area contributed by atoms with Crippen molar-refractivity contribution in [1.82, 2.24) is 15.1 Å². The molecule has 0 atom stereocenters. The van der Waals surface area contributed by atoms with Gasteiger partial charge in [0, 0.05) is 12.1 Å². The van der Waals surface area contributed by atoms with Gasteiger partial charge in [0.2, 0.25) is 0 Å². The number of carbonyl (C=O) groups excluding carboxylic acids is 1. The molecular weight excluding hydrogens is 218 g/mol. The van der Waals surface area contributed by atoms with Crippen LogP contribution in [-0.4, -0.2) is 34.8 Å². The van der Waals surface area contributed by atoms with Crippen LogP contribution < -0.4 is 10.1 Å². The van der Waals surface area contributed by atoms with Crippen LogP contribution in [0.1, 0.15) is 38.2 Å². The highest BCUT2D eigenvalue weighted by molar-refractivity contribution is 5.98. The predicted octanol–water partition coefficient (Wildman–Crippen LogP) is 1.48. The zero-order valence-electron chi connectivity index (χ0n) is 11.2. The third kappa shape index (κ3) is 3.56. The number of nitrogens with zero attached hydrogens (tertiary/aromatic N) is 2. The Morgan fingerprint density at radius 1 is 1.53 bits per heavy atom. The Balaban J connectivity index is 2.84. The second-order valence-corrected chi connectivity index (χ2v) is 4.90. The van der Waals surface area contributed by atoms with Gasteiger partial charge < -0.3 is 10.1 Å². The van der Waals surface area contributed by atoms with Gasteiger partial charge in [0.1, 0.15) is 5.69 Å². The van der Waals surface area contributed by atoms with E-state index >= 15 is 0 Å². The lowest BCUT2D eigenvalue weighted by Gasteiger charge is -2.20. The van der Waals surface area contributed by atoms with E-state index in [1.54, 1.807) is 18.0 Å². The number of nitrogens with one attached hydrogen (secondary N) is 1. The Hall–Kier alpha value is -1.36. The van der Waals surface area contributed by atoms with Gasteiger partial charge in [-0.05, 0) is 27.7 Å². The first kappa shape index (κ1) is 13.7. The van der Waals surface area contributed by atoms with Crippen LogP contribution in [0, 0.1) is 0 Å². The Bertz CT molecular complexity index is 369. The molecule has 1 heterocycles. The van der Waals surface area contributed by atoms with Crippen molar-refractivity contribution < 1.29 is 9.53 Å². The van der Waals surface area contributed by atoms with Gasteiger partial charge >= 0.3 is 0 Å². The average molecular weight is 239 g/mol. The first-order valence-electron chi connectivity index (χ1n) is 5.77. The van der Waals surface area contributed by atoms with Crippen molar-refractivity contribution in [2.75, 3.05) is 13.7 Å². The summed E-state index contributed by atoms with van der Waals surface area (Å²) in [5.41, 5.74) is 0.451. The summed E-state index contributed by atoms with van der Waals surface area (Å²) >= 11 is 0. The zero-order valence-corrected chi connectivity index (χ0v) is 11.2. The molecular formula is C12H21N3O2. The Morgan fingerprint density at radius 3 is 2.65 bits per heavy atom. The smallest absolute Gasteiger partial charge is 0.198 e. The van der Waals surface area contributed by atoms with Gasteiger partial charge in [-0.25, -0.2) is 0 Å². The molecule has 0 spiro atoms. The lowest BCUT2D eigenvalue weighted by Crippen LogP contribution is -2.39. The largest absolute Gasteiger partial charge is 0.493 e. The first-order chi connectivity index (χ1) is 7.89. The maximum Gasteiger partial charge on any atom is 0.198 e. The number of Topliss-reactive ketones (excluding diaryl/α,β-unsaturated/α-hetero) is 1. The minimum absolute atomic E-state index is 0.00359. The van der Waals surface area contributed by atoms with Crippen LogP contribution in [0.4, 0.5) is 0 Å². The van der Waals surface area contributed by atoms with Crippen LogP contribution in [0.2, 0.25) is 0 Å². The van der Waals surface area contributed by atoms with Crippen LogP contribution in [0.3, 0.4) is 0 Å². The van der Waals surface area contributed by atoms with Crippen LogP contribution in [-0.2, 0) is 6.54 Å². The van der Waals surface area contributed by atoms with E-state index in [4.69, 9.17) is 4.74 Å². The molecule has 0 aliphatic rings. The van der Waals surface area contributed by atoms with Gasteiger partial charge in [0.05, 0.1) is 19.9 Å². The molecule has 0 aromatic carbocycles. The molecule has 0 bridgehead atoms. The summed E-state index contributed by atoms with van der Waals surface area (Å²) < 4.78 is 6.81. The lowest BCUT2D eigenvalue weighted by molar-refractivity contribution is 0.0968. The summed E-state index contributed by atoms with van der Waals surface area (Å²) in [5.74, 6) is 0.531. The molecule has 1 N–H and O–H groups in total. The van der Waals surface area contributed by atoms with E-state index in [0.717, 1.165) is 0 Å². The van der Waals surface area contributed by atoms with Gasteiger partial charge in [0.25, 0.3) is 0 Å². The number of carbonyl (C=O) groups is 1. The molecule has 17 heavy (non-hydrogen) atoms. The molecule has 0 aliphatic carbocycles. The molecule has 0 unspecified atom stereocenters. The number of hydrogen-bond acceptors (Lipinski definition) is 4. The summed E-state index contributed by atoms with van der Waals surface area (Å²) in [4.78, 5) is 12.1. The highest BCUT2D eigenvalue weighted by atomic mass is 16.5. The first-order valence-corrected chi connectivity index (χ1v) is 5.77. The van der Waals surface area contributed by atoms with E-state index in [-0.39, 0.29) is 17.9 Å². The van der Waals surface area contributed by atoms with Gasteiger partial charge in [-0.15, -0.1) is 0 Å². The van der Waals surface area contributed by atoms with Crippen molar-refractivity contribution in [3.8, 4) is 5.75 Å². The predicted molar refractivity (Wildman–Crippen MR) is 66.5 cm³/mol. The monoisotopic (exact) mass is 239 g/mol. The second-order valence-electron chi connectivity index (χ2n) is 4.90. The quantitative estimate of drug-likeness (QED) is 0.791. The molecule has 0 radical (unpaired) electrons. The molecule has 1 rings (SSSR count). The summed E-state index contributed by atoms with van der Waals surface area (Å²) in [6.45, 7) is 8.95. The normalized spacial score (nSPS) is 11.6. The fraction of sp³-hybridized carbons (Fsp3) is 0.667. The van der Waals surface area contributed by atoms with E-state index in [1.165, 1.54) is 0 Å². The molecule has 5 nitrogen and oxygen atoms in total. The number of ether oxygens (including phenoxy) is 1. The number of methoxy groups -OCH3 is 1. The van der Waals surface area contributed by atoms with E-state index in [0.29, 0.717) is 18.0 Å². The molecule has 0 saturated heterocycles. The third-order valence-electron chi connectivity index (χ3n) is 2.37. The maximum atomic E-state index is 12.1. The lowest BCUT2D eigenvalue weighted by atomic mass is 10.1. The average Bonchev–Trinajstić information content (AvgIpc) is 2.67. The highest BCUT2D eigenvalue weighted by Gasteiger charge is 2.20. The number of ketones is 1. The van der Waals surface area contributed by atoms with Crippen LogP contribution in [0.25, 0.3) is 0 Å². The van der Waals surface area contributed by atoms with Crippen molar-refractivity contribution in [3.05, 3.63) is 11.9 Å². The minimum atomic E-state index is -0.0834. The van der Waals surface area contributed by atoms with E-state index in [2.05, 4.69) is 10.4 Å². The SMILES string of the molecule is CCn1ncc(OC)c1C(=O)CNC(C)(C)C. The van der Waals surface area contributed by atoms with E-state index in [9.17, 15) is 4.79 Å². The topological polar surface area (TPSA) is 56.2 Å². The molecule has 96 valence electrons. The molecule has 0 saturated carbocycles. The third-order valence-corrected chi connectivity index (χ3v) is 2.37. The maximum absolute atomic E-state index is 12.1. The van der Waals surface area contributed by atoms with Crippen molar-refractivity contribution in [2.24, 2.45) is 0 Å². The minimum Gasteiger partial charge on any atom is -0.493 e. The Morgan fingerprint density at radius 2 is 2.18 bits per heavy atom.